The molecule has 3 saturated heterocycles. The van der Waals surface area contributed by atoms with Gasteiger partial charge in [0.15, 0.2) is 0 Å². The van der Waals surface area contributed by atoms with Gasteiger partial charge < -0.3 is 20.4 Å². The van der Waals surface area contributed by atoms with Crippen molar-refractivity contribution in [3.05, 3.63) is 57.8 Å². The van der Waals surface area contributed by atoms with Crippen LogP contribution in [0.4, 0.5) is 17.2 Å². The number of pyridine rings is 1. The Hall–Kier alpha value is -4.95. The topological polar surface area (TPSA) is 137 Å². The van der Waals surface area contributed by atoms with Crippen LogP contribution in [0.5, 0.6) is 0 Å². The van der Waals surface area contributed by atoms with Crippen molar-refractivity contribution in [3.63, 3.8) is 0 Å². The second-order valence-corrected chi connectivity index (χ2v) is 16.2. The van der Waals surface area contributed by atoms with Crippen LogP contribution in [0.3, 0.4) is 0 Å². The van der Waals surface area contributed by atoms with Gasteiger partial charge in [0.1, 0.15) is 16.7 Å². The number of nitrogens with one attached hydrogen (secondary N) is 3. The zero-order valence-electron chi connectivity index (χ0n) is 30.2. The van der Waals surface area contributed by atoms with Crippen LogP contribution in [0.15, 0.2) is 47.3 Å². The first kappa shape index (κ1) is 33.9. The Morgan fingerprint density at radius 3 is 2.49 bits per heavy atom. The van der Waals surface area contributed by atoms with Gasteiger partial charge in [0.25, 0.3) is 5.91 Å². The molecule has 3 amide bonds. The Kier molecular flexibility index (Phi) is 8.61. The molecule has 276 valence electrons. The smallest absolute Gasteiger partial charge is 0.329 e. The number of aryl methyl sites for hydroxylation is 1. The monoisotopic (exact) mass is 735 g/mol. The normalized spacial score (nSPS) is 21.9. The number of amides is 3. The molecule has 3 fully saturated rings. The van der Waals surface area contributed by atoms with Crippen LogP contribution < -0.4 is 31.4 Å². The highest BCUT2D eigenvalue weighted by atomic mass is 32.1. The summed E-state index contributed by atoms with van der Waals surface area (Å²) in [5.41, 5.74) is 4.27. The van der Waals surface area contributed by atoms with E-state index in [0.29, 0.717) is 18.9 Å². The molecule has 4 aliphatic rings. The number of thiophene rings is 1. The highest BCUT2D eigenvalue weighted by Crippen LogP contribution is 2.41. The van der Waals surface area contributed by atoms with E-state index in [1.165, 1.54) is 6.42 Å². The largest absolute Gasteiger partial charge is 0.381 e. The van der Waals surface area contributed by atoms with Gasteiger partial charge in [-0.3, -0.25) is 33.7 Å². The fraction of sp³-hybridized carbons (Fsp3) is 0.462. The van der Waals surface area contributed by atoms with Crippen LogP contribution >= 0.6 is 11.3 Å². The summed E-state index contributed by atoms with van der Waals surface area (Å²) >= 11 is 1.54. The number of anilines is 3. The van der Waals surface area contributed by atoms with E-state index in [1.807, 2.05) is 13.0 Å². The standard InChI is InChI=1S/C39H45N9O4S/c1-23-22-40-35-34-26-4-9-32(42-27(26)5-8-31(34)53-36(35)38(51)41-23)47-19-17-45(18-20-47)14-11-24-12-15-46(16-13-24)25-3-6-28-30(21-25)44(2)39(52)48(28)29-7-10-33(49)43-37(29)50/h3-6,8-9,21,23-24,29,40H,7,10-20,22H2,1-2H3,(H,41,51)(H,43,49,50)/t23-,29?/m1/s1. The number of hydrogen-bond donors (Lipinski definition) is 3. The van der Waals surface area contributed by atoms with Gasteiger partial charge in [-0.25, -0.2) is 9.78 Å². The fourth-order valence-corrected chi connectivity index (χ4v) is 9.81. The summed E-state index contributed by atoms with van der Waals surface area (Å²) < 4.78 is 4.25. The first-order valence-corrected chi connectivity index (χ1v) is 19.7. The van der Waals surface area contributed by atoms with Crippen molar-refractivity contribution in [1.82, 2.24) is 29.7 Å². The molecule has 2 atom stereocenters. The van der Waals surface area contributed by atoms with E-state index in [0.717, 1.165) is 113 Å². The third kappa shape index (κ3) is 6.11. The Bertz CT molecular complexity index is 2330. The predicted molar refractivity (Wildman–Crippen MR) is 209 cm³/mol. The van der Waals surface area contributed by atoms with Crippen LogP contribution in [0.1, 0.15) is 54.7 Å². The van der Waals surface area contributed by atoms with Gasteiger partial charge in [-0.2, -0.15) is 0 Å². The molecule has 4 aliphatic heterocycles. The van der Waals surface area contributed by atoms with Gasteiger partial charge >= 0.3 is 5.69 Å². The molecule has 9 rings (SSSR count). The molecular weight excluding hydrogens is 691 g/mol. The van der Waals surface area contributed by atoms with Gasteiger partial charge in [0.05, 0.1) is 22.2 Å². The molecule has 53 heavy (non-hydrogen) atoms. The van der Waals surface area contributed by atoms with Crippen molar-refractivity contribution in [2.45, 2.75) is 51.1 Å². The first-order chi connectivity index (χ1) is 25.7. The summed E-state index contributed by atoms with van der Waals surface area (Å²) in [6.07, 6.45) is 4.02. The van der Waals surface area contributed by atoms with Gasteiger partial charge in [-0.15, -0.1) is 11.3 Å². The summed E-state index contributed by atoms with van der Waals surface area (Å²) in [4.78, 5) is 63.5. The molecule has 0 saturated carbocycles. The molecule has 0 radical (unpaired) electrons. The maximum Gasteiger partial charge on any atom is 0.329 e. The van der Waals surface area contributed by atoms with Crippen LogP contribution in [0.2, 0.25) is 0 Å². The summed E-state index contributed by atoms with van der Waals surface area (Å²) in [6, 6.07) is 14.0. The predicted octanol–water partition coefficient (Wildman–Crippen LogP) is 4.05. The maximum atomic E-state index is 13.2. The molecule has 13 nitrogen and oxygen atoms in total. The highest BCUT2D eigenvalue weighted by Gasteiger charge is 2.32. The van der Waals surface area contributed by atoms with Crippen molar-refractivity contribution >= 4 is 78.3 Å². The molecule has 0 spiro atoms. The van der Waals surface area contributed by atoms with E-state index < -0.39 is 11.9 Å². The molecule has 7 heterocycles. The number of piperazine rings is 1. The molecule has 5 aromatic rings. The minimum absolute atomic E-state index is 0.00891. The van der Waals surface area contributed by atoms with Gasteiger partial charge in [0, 0.05) is 86.5 Å². The SMILES string of the molecule is C[C@@H]1CNc2c(sc3ccc4nc(N5CCN(CCC6CCN(c7ccc8c(c7)n(C)c(=O)n8C7CCC(=O)NC7=O)CC6)CC5)ccc4c23)C(=O)N1. The average molecular weight is 736 g/mol. The second-order valence-electron chi connectivity index (χ2n) is 15.1. The van der Waals surface area contributed by atoms with Crippen LogP contribution in [0, 0.1) is 5.92 Å². The first-order valence-electron chi connectivity index (χ1n) is 18.9. The van der Waals surface area contributed by atoms with E-state index in [4.69, 9.17) is 4.98 Å². The van der Waals surface area contributed by atoms with Crippen LogP contribution in [-0.4, -0.2) is 95.1 Å². The zero-order valence-corrected chi connectivity index (χ0v) is 31.0. The maximum absolute atomic E-state index is 13.2. The van der Waals surface area contributed by atoms with E-state index >= 15 is 0 Å². The quantitative estimate of drug-likeness (QED) is 0.221. The minimum Gasteiger partial charge on any atom is -0.381 e. The average Bonchev–Trinajstić information content (AvgIpc) is 3.62. The van der Waals surface area contributed by atoms with Gasteiger partial charge in [-0.05, 0) is 87.5 Å². The van der Waals surface area contributed by atoms with Crippen molar-refractivity contribution < 1.29 is 14.4 Å². The lowest BCUT2D eigenvalue weighted by atomic mass is 9.93. The number of piperidine rings is 2. The lowest BCUT2D eigenvalue weighted by Crippen LogP contribution is -2.47. The molecule has 3 N–H and O–H groups in total. The number of imidazole rings is 1. The van der Waals surface area contributed by atoms with Crippen molar-refractivity contribution in [3.8, 4) is 0 Å². The van der Waals surface area contributed by atoms with Crippen LogP contribution in [-0.2, 0) is 16.6 Å². The van der Waals surface area contributed by atoms with Crippen LogP contribution in [0.25, 0.3) is 32.0 Å². The van der Waals surface area contributed by atoms with Crippen molar-refractivity contribution in [1.29, 1.82) is 0 Å². The van der Waals surface area contributed by atoms with Gasteiger partial charge in [-0.1, -0.05) is 0 Å². The molecule has 2 aromatic carbocycles. The third-order valence-corrected chi connectivity index (χ3v) is 13.0. The van der Waals surface area contributed by atoms with E-state index in [2.05, 4.69) is 67.0 Å². The highest BCUT2D eigenvalue weighted by molar-refractivity contribution is 7.21. The number of nitrogens with zero attached hydrogens (tertiary/aromatic N) is 6. The minimum atomic E-state index is -0.674. The number of carbonyl (C=O) groups is 3. The Balaban J connectivity index is 0.791. The molecule has 0 aliphatic carbocycles. The summed E-state index contributed by atoms with van der Waals surface area (Å²) in [5.74, 6) is 0.983. The zero-order chi connectivity index (χ0) is 36.4. The van der Waals surface area contributed by atoms with Crippen molar-refractivity contribution in [2.24, 2.45) is 13.0 Å². The summed E-state index contributed by atoms with van der Waals surface area (Å²) in [7, 11) is 1.75. The molecular formula is C39H45N9O4S. The molecule has 1 unspecified atom stereocenters. The summed E-state index contributed by atoms with van der Waals surface area (Å²) in [5, 5.41) is 11.2. The van der Waals surface area contributed by atoms with Crippen molar-refractivity contribution in [2.75, 3.05) is 67.5 Å². The lowest BCUT2D eigenvalue weighted by molar-refractivity contribution is -0.135. The second kappa shape index (κ2) is 13.5. The number of fused-ring (bicyclic) bond motifs is 6. The number of aromatic nitrogens is 3. The number of carbonyl (C=O) groups excluding carboxylic acids is 3. The van der Waals surface area contributed by atoms with E-state index in [1.54, 1.807) is 27.5 Å². The molecule has 3 aromatic heterocycles. The molecule has 14 heteroatoms. The molecule has 0 bridgehead atoms. The van der Waals surface area contributed by atoms with E-state index in [9.17, 15) is 19.2 Å². The number of hydrogen-bond acceptors (Lipinski definition) is 10. The number of rotatable bonds is 6. The van der Waals surface area contributed by atoms with E-state index in [-0.39, 0.29) is 30.0 Å². The number of benzene rings is 2. The number of imide groups is 1. The lowest BCUT2D eigenvalue weighted by Gasteiger charge is -2.37. The summed E-state index contributed by atoms with van der Waals surface area (Å²) in [6.45, 7) is 9.70. The van der Waals surface area contributed by atoms with Gasteiger partial charge in [0.2, 0.25) is 11.8 Å². The Morgan fingerprint density at radius 2 is 1.70 bits per heavy atom. The Morgan fingerprint density at radius 1 is 0.887 bits per heavy atom. The fourth-order valence-electron chi connectivity index (χ4n) is 8.71. The Labute approximate surface area is 310 Å². The third-order valence-electron chi connectivity index (χ3n) is 11.8.